The van der Waals surface area contributed by atoms with E-state index in [1.54, 1.807) is 24.5 Å². The van der Waals surface area contributed by atoms with E-state index in [1.165, 1.54) is 36.0 Å². The van der Waals surface area contributed by atoms with Gasteiger partial charge in [-0.25, -0.2) is 36.8 Å². The van der Waals surface area contributed by atoms with Crippen LogP contribution in [0.25, 0.3) is 0 Å². The molecule has 0 N–H and O–H groups in total. The fraction of sp³-hybridized carbons (Fsp3) is 0.500. The third-order valence-corrected chi connectivity index (χ3v) is 7.96. The number of hydrogen-bond acceptors (Lipinski definition) is 10. The smallest absolute Gasteiger partial charge is 0.187 e. The number of aromatic nitrogens is 4. The second kappa shape index (κ2) is 9.06. The molecule has 1 saturated carbocycles. The van der Waals surface area contributed by atoms with Crippen LogP contribution in [0.1, 0.15) is 24.2 Å². The quantitative estimate of drug-likeness (QED) is 0.465. The van der Waals surface area contributed by atoms with Crippen molar-refractivity contribution < 1.29 is 16.8 Å². The van der Waals surface area contributed by atoms with Crippen LogP contribution in [0.5, 0.6) is 0 Å². The van der Waals surface area contributed by atoms with Crippen molar-refractivity contribution in [3.63, 3.8) is 0 Å². The highest BCUT2D eigenvalue weighted by molar-refractivity contribution is 7.98. The van der Waals surface area contributed by atoms with E-state index in [4.69, 9.17) is 0 Å². The van der Waals surface area contributed by atoms with E-state index >= 15 is 0 Å². The molecule has 2 aromatic rings. The Balaban J connectivity index is 0.000000203. The predicted molar refractivity (Wildman–Crippen MR) is 112 cm³/mol. The standard InChI is InChI=1S/C9H12N2O2S2.C7H10N2O2S2/c1-14-8-10-6-3-7(11-8)9(4-5-9)15(2,12)13;1-12-7-8-4-3-6(9-7)5-13(2,10)11/h3,6H,4-5H2,1-2H3;3-4H,5H2,1-2H3. The predicted octanol–water partition coefficient (Wildman–Crippen LogP) is 1.98. The van der Waals surface area contributed by atoms with E-state index in [9.17, 15) is 16.8 Å². The molecule has 8 nitrogen and oxygen atoms in total. The van der Waals surface area contributed by atoms with Gasteiger partial charge in [0.15, 0.2) is 30.0 Å². The van der Waals surface area contributed by atoms with Crippen molar-refractivity contribution in [1.29, 1.82) is 0 Å². The maximum Gasteiger partial charge on any atom is 0.187 e. The molecule has 1 aliphatic rings. The van der Waals surface area contributed by atoms with Crippen LogP contribution < -0.4 is 0 Å². The highest BCUT2D eigenvalue weighted by Gasteiger charge is 2.54. The molecule has 0 amide bonds. The molecule has 3 rings (SSSR count). The Labute approximate surface area is 174 Å². The Hall–Kier alpha value is -1.24. The Kier molecular flexibility index (Phi) is 7.45. The molecule has 0 unspecified atom stereocenters. The van der Waals surface area contributed by atoms with Crippen molar-refractivity contribution in [1.82, 2.24) is 19.9 Å². The molecule has 1 aliphatic carbocycles. The fourth-order valence-electron chi connectivity index (χ4n) is 2.45. The number of nitrogens with zero attached hydrogens (tertiary/aromatic N) is 4. The van der Waals surface area contributed by atoms with Crippen LogP contribution in [-0.2, 0) is 30.2 Å². The summed E-state index contributed by atoms with van der Waals surface area (Å²) in [6.45, 7) is 0. The molecule has 0 saturated heterocycles. The molecule has 12 heteroatoms. The molecule has 0 aliphatic heterocycles. The van der Waals surface area contributed by atoms with Gasteiger partial charge in [-0.15, -0.1) is 0 Å². The minimum absolute atomic E-state index is 0.0247. The molecule has 28 heavy (non-hydrogen) atoms. The molecular formula is C16H22N4O4S4. The number of sulfone groups is 2. The zero-order chi connectivity index (χ0) is 21.0. The van der Waals surface area contributed by atoms with E-state index < -0.39 is 24.4 Å². The Morgan fingerprint density at radius 3 is 1.93 bits per heavy atom. The normalized spacial score (nSPS) is 15.4. The third-order valence-electron chi connectivity index (χ3n) is 3.98. The summed E-state index contributed by atoms with van der Waals surface area (Å²) in [5, 5.41) is 1.23. The van der Waals surface area contributed by atoms with Crippen LogP contribution >= 0.6 is 23.5 Å². The van der Waals surface area contributed by atoms with Crippen LogP contribution in [0.4, 0.5) is 0 Å². The maximum absolute atomic E-state index is 11.6. The van der Waals surface area contributed by atoms with Gasteiger partial charge in [0.05, 0.1) is 17.1 Å². The molecule has 2 heterocycles. The van der Waals surface area contributed by atoms with Crippen LogP contribution in [-0.4, -0.2) is 61.8 Å². The van der Waals surface area contributed by atoms with Crippen LogP contribution in [0.3, 0.4) is 0 Å². The minimum Gasteiger partial charge on any atom is -0.231 e. The molecule has 1 fully saturated rings. The van der Waals surface area contributed by atoms with Gasteiger partial charge in [-0.2, -0.15) is 0 Å². The minimum atomic E-state index is -3.07. The zero-order valence-electron chi connectivity index (χ0n) is 16.0. The molecule has 0 spiro atoms. The van der Waals surface area contributed by atoms with Gasteiger partial charge in [-0.3, -0.25) is 0 Å². The summed E-state index contributed by atoms with van der Waals surface area (Å²) < 4.78 is 44.4. The lowest BCUT2D eigenvalue weighted by Crippen LogP contribution is -2.21. The highest BCUT2D eigenvalue weighted by Crippen LogP contribution is 2.51. The lowest BCUT2D eigenvalue weighted by atomic mass is 10.3. The molecule has 2 aromatic heterocycles. The van der Waals surface area contributed by atoms with E-state index in [1.807, 2.05) is 12.5 Å². The SMILES string of the molecule is CSc1nccc(C2(S(C)(=O)=O)CC2)n1.CSc1nccc(CS(C)(=O)=O)n1. The summed E-state index contributed by atoms with van der Waals surface area (Å²) in [6.07, 6.45) is 10.7. The van der Waals surface area contributed by atoms with Crippen LogP contribution in [0, 0.1) is 0 Å². The van der Waals surface area contributed by atoms with Crippen molar-refractivity contribution in [3.8, 4) is 0 Å². The van der Waals surface area contributed by atoms with Gasteiger partial charge in [0.2, 0.25) is 0 Å². The van der Waals surface area contributed by atoms with Crippen LogP contribution in [0.15, 0.2) is 34.8 Å². The number of hydrogen-bond donors (Lipinski definition) is 0. The van der Waals surface area contributed by atoms with Gasteiger partial charge in [-0.05, 0) is 37.5 Å². The molecule has 0 bridgehead atoms. The summed E-state index contributed by atoms with van der Waals surface area (Å²) in [7, 11) is -6.07. The van der Waals surface area contributed by atoms with E-state index in [0.29, 0.717) is 34.5 Å². The lowest BCUT2D eigenvalue weighted by molar-refractivity contribution is 0.583. The zero-order valence-corrected chi connectivity index (χ0v) is 19.3. The monoisotopic (exact) mass is 462 g/mol. The molecule has 0 radical (unpaired) electrons. The average Bonchev–Trinajstić information content (AvgIpc) is 3.43. The molecule has 0 atom stereocenters. The van der Waals surface area contributed by atoms with Gasteiger partial charge in [0.1, 0.15) is 4.75 Å². The van der Waals surface area contributed by atoms with E-state index in [0.717, 1.165) is 0 Å². The first kappa shape index (κ1) is 23.0. The third kappa shape index (κ3) is 6.13. The fourth-order valence-corrected chi connectivity index (χ4v) is 5.21. The van der Waals surface area contributed by atoms with Gasteiger partial charge in [0, 0.05) is 24.9 Å². The van der Waals surface area contributed by atoms with Gasteiger partial charge in [0.25, 0.3) is 0 Å². The van der Waals surface area contributed by atoms with E-state index in [2.05, 4.69) is 19.9 Å². The van der Waals surface area contributed by atoms with Crippen molar-refractivity contribution >= 4 is 43.2 Å². The van der Waals surface area contributed by atoms with Gasteiger partial charge in [-0.1, -0.05) is 23.5 Å². The lowest BCUT2D eigenvalue weighted by Gasteiger charge is -2.12. The summed E-state index contributed by atoms with van der Waals surface area (Å²) >= 11 is 2.81. The largest absolute Gasteiger partial charge is 0.231 e. The number of rotatable bonds is 6. The Bertz CT molecular complexity index is 1040. The summed E-state index contributed by atoms with van der Waals surface area (Å²) in [4.78, 5) is 16.3. The Morgan fingerprint density at radius 2 is 1.46 bits per heavy atom. The summed E-state index contributed by atoms with van der Waals surface area (Å²) in [6, 6.07) is 3.31. The van der Waals surface area contributed by atoms with Crippen molar-refractivity contribution in [2.24, 2.45) is 0 Å². The van der Waals surface area contributed by atoms with Gasteiger partial charge < -0.3 is 0 Å². The highest BCUT2D eigenvalue weighted by atomic mass is 32.2. The molecule has 0 aromatic carbocycles. The molecule has 154 valence electrons. The van der Waals surface area contributed by atoms with Crippen LogP contribution in [0.2, 0.25) is 0 Å². The Morgan fingerprint density at radius 1 is 0.929 bits per heavy atom. The van der Waals surface area contributed by atoms with Crippen molar-refractivity contribution in [2.45, 2.75) is 33.7 Å². The summed E-state index contributed by atoms with van der Waals surface area (Å²) in [5.41, 5.74) is 1.19. The maximum atomic E-state index is 11.6. The summed E-state index contributed by atoms with van der Waals surface area (Å²) in [5.74, 6) is -0.0247. The second-order valence-electron chi connectivity index (χ2n) is 6.30. The first-order valence-electron chi connectivity index (χ1n) is 8.11. The first-order chi connectivity index (χ1) is 13.0. The average molecular weight is 463 g/mol. The van der Waals surface area contributed by atoms with E-state index in [-0.39, 0.29) is 5.75 Å². The van der Waals surface area contributed by atoms with Crippen molar-refractivity contribution in [3.05, 3.63) is 35.9 Å². The number of thioether (sulfide) groups is 2. The topological polar surface area (TPSA) is 120 Å². The first-order valence-corrected chi connectivity index (χ1v) is 14.5. The van der Waals surface area contributed by atoms with Crippen molar-refractivity contribution in [2.75, 3.05) is 25.0 Å². The second-order valence-corrected chi connectivity index (χ2v) is 12.3. The van der Waals surface area contributed by atoms with Gasteiger partial charge >= 0.3 is 0 Å². The molecular weight excluding hydrogens is 440 g/mol.